The van der Waals surface area contributed by atoms with Gasteiger partial charge in [0.05, 0.1) is 6.61 Å². The van der Waals surface area contributed by atoms with Crippen LogP contribution in [0, 0.1) is 11.8 Å². The minimum atomic E-state index is -4.52. The van der Waals surface area contributed by atoms with Crippen LogP contribution in [0.2, 0.25) is 0 Å². The number of amides is 2. The van der Waals surface area contributed by atoms with E-state index in [1.165, 1.54) is 19.2 Å². The molecule has 28 heavy (non-hydrogen) atoms. The topological polar surface area (TPSA) is 122 Å². The number of carbonyl (C=O) groups excluding carboxylic acids is 3. The Morgan fingerprint density at radius 3 is 1.50 bits per heavy atom. The summed E-state index contributed by atoms with van der Waals surface area (Å²) < 4.78 is 74.1. The van der Waals surface area contributed by atoms with E-state index in [0.29, 0.717) is 0 Å². The highest BCUT2D eigenvalue weighted by Crippen LogP contribution is 2.13. The molecule has 0 rings (SSSR count). The van der Waals surface area contributed by atoms with E-state index in [1.54, 1.807) is 5.32 Å². The first-order valence-corrected chi connectivity index (χ1v) is 7.60. The molecular formula is C14H20F6N2O6. The van der Waals surface area contributed by atoms with Gasteiger partial charge in [-0.15, -0.1) is 0 Å². The van der Waals surface area contributed by atoms with E-state index in [-0.39, 0.29) is 6.61 Å². The molecule has 0 saturated carbocycles. The molecule has 0 aliphatic carbocycles. The molecule has 0 spiro atoms. The summed E-state index contributed by atoms with van der Waals surface area (Å²) in [6.45, 7) is 0.852. The van der Waals surface area contributed by atoms with Crippen molar-refractivity contribution in [3.8, 4) is 0 Å². The van der Waals surface area contributed by atoms with E-state index in [2.05, 4.69) is 4.74 Å². The van der Waals surface area contributed by atoms with Crippen molar-refractivity contribution >= 4 is 23.8 Å². The minimum Gasteiger partial charge on any atom is -0.481 e. The summed E-state index contributed by atoms with van der Waals surface area (Å²) in [5.41, 5.74) is 0. The summed E-state index contributed by atoms with van der Waals surface area (Å²) in [6.07, 6.45) is -9.00. The molecule has 2 atom stereocenters. The van der Waals surface area contributed by atoms with Gasteiger partial charge in [0, 0.05) is 0 Å². The number of halogens is 6. The highest BCUT2D eigenvalue weighted by molar-refractivity contribution is 5.97. The number of rotatable bonds is 7. The first-order chi connectivity index (χ1) is 12.5. The van der Waals surface area contributed by atoms with Crippen LogP contribution in [0.4, 0.5) is 26.3 Å². The molecule has 0 aromatic heterocycles. The fourth-order valence-electron chi connectivity index (χ4n) is 1.17. The average Bonchev–Trinajstić information content (AvgIpc) is 2.55. The second kappa shape index (κ2) is 12.0. The fourth-order valence-corrected chi connectivity index (χ4v) is 1.17. The Bertz CT molecular complexity index is 549. The first kappa shape index (κ1) is 27.7. The number of alkyl halides is 6. The predicted molar refractivity (Wildman–Crippen MR) is 80.7 cm³/mol. The summed E-state index contributed by atoms with van der Waals surface area (Å²) in [7, 11) is 0. The minimum absolute atomic E-state index is 0.0791. The van der Waals surface area contributed by atoms with Gasteiger partial charge in [-0.2, -0.15) is 26.3 Å². The lowest BCUT2D eigenvalue weighted by Gasteiger charge is -2.12. The first-order valence-electron chi connectivity index (χ1n) is 7.60. The number of esters is 1. The Balaban J connectivity index is 0. The lowest BCUT2D eigenvalue weighted by atomic mass is 10.2. The summed E-state index contributed by atoms with van der Waals surface area (Å²) >= 11 is 0. The lowest BCUT2D eigenvalue weighted by Crippen LogP contribution is -2.39. The zero-order valence-electron chi connectivity index (χ0n) is 15.0. The number of aliphatic carboxylic acids is 1. The molecule has 3 N–H and O–H groups in total. The summed E-state index contributed by atoms with van der Waals surface area (Å²) in [5.74, 6) is -7.14. The SMILES string of the molecule is CC(C(=O)O)C(=O)NCC(F)(F)F.CCOC(=O)C(C)C(=O)NCC(F)(F)F. The van der Waals surface area contributed by atoms with Gasteiger partial charge < -0.3 is 20.5 Å². The zero-order chi connectivity index (χ0) is 22.7. The third kappa shape index (κ3) is 14.6. The van der Waals surface area contributed by atoms with E-state index in [0.717, 1.165) is 6.92 Å². The Hall–Kier alpha value is -2.54. The maximum Gasteiger partial charge on any atom is 0.405 e. The summed E-state index contributed by atoms with van der Waals surface area (Å²) in [5, 5.41) is 11.3. The normalized spacial score (nSPS) is 13.3. The quantitative estimate of drug-likeness (QED) is 0.320. The third-order valence-corrected chi connectivity index (χ3v) is 2.72. The molecule has 2 unspecified atom stereocenters. The van der Waals surface area contributed by atoms with Gasteiger partial charge in [-0.1, -0.05) is 0 Å². The van der Waals surface area contributed by atoms with Crippen molar-refractivity contribution in [2.24, 2.45) is 11.8 Å². The van der Waals surface area contributed by atoms with Gasteiger partial charge in [0.1, 0.15) is 24.9 Å². The predicted octanol–water partition coefficient (Wildman–Crippen LogP) is 1.25. The molecule has 164 valence electrons. The van der Waals surface area contributed by atoms with Crippen LogP contribution in [0.5, 0.6) is 0 Å². The van der Waals surface area contributed by atoms with Gasteiger partial charge in [0.15, 0.2) is 0 Å². The molecule has 8 nitrogen and oxygen atoms in total. The van der Waals surface area contributed by atoms with Crippen LogP contribution in [-0.2, 0) is 23.9 Å². The number of carbonyl (C=O) groups is 4. The Kier molecular flexibility index (Phi) is 11.9. The average molecular weight is 426 g/mol. The number of ether oxygens (including phenoxy) is 1. The van der Waals surface area contributed by atoms with E-state index in [4.69, 9.17) is 5.11 Å². The van der Waals surface area contributed by atoms with Gasteiger partial charge in [0.25, 0.3) is 0 Å². The van der Waals surface area contributed by atoms with Crippen molar-refractivity contribution < 1.29 is 55.4 Å². The highest BCUT2D eigenvalue weighted by atomic mass is 19.4. The number of nitrogens with one attached hydrogen (secondary N) is 2. The maximum absolute atomic E-state index is 11.7. The van der Waals surface area contributed by atoms with Crippen LogP contribution in [0.1, 0.15) is 20.8 Å². The standard InChI is InChI=1S/C8H12F3NO3.C6H8F3NO3/c1-3-15-7(14)5(2)6(13)12-4-8(9,10)11;1-3(5(12)13)4(11)10-2-6(7,8)9/h5H,3-4H2,1-2H3,(H,12,13);3H,2H2,1H3,(H,10,11)(H,12,13). The lowest BCUT2D eigenvalue weighted by molar-refractivity contribution is -0.154. The van der Waals surface area contributed by atoms with Crippen molar-refractivity contribution in [1.82, 2.24) is 10.6 Å². The van der Waals surface area contributed by atoms with Crippen LogP contribution >= 0.6 is 0 Å². The summed E-state index contributed by atoms with van der Waals surface area (Å²) in [4.78, 5) is 42.7. The molecule has 14 heteroatoms. The highest BCUT2D eigenvalue weighted by Gasteiger charge is 2.31. The molecule has 0 aliphatic heterocycles. The monoisotopic (exact) mass is 426 g/mol. The van der Waals surface area contributed by atoms with Crippen LogP contribution in [0.15, 0.2) is 0 Å². The van der Waals surface area contributed by atoms with Crippen LogP contribution in [0.3, 0.4) is 0 Å². The van der Waals surface area contributed by atoms with Gasteiger partial charge in [0.2, 0.25) is 11.8 Å². The van der Waals surface area contributed by atoms with Gasteiger partial charge >= 0.3 is 24.3 Å². The molecule has 0 aromatic rings. The van der Waals surface area contributed by atoms with Crippen molar-refractivity contribution in [2.45, 2.75) is 33.1 Å². The van der Waals surface area contributed by atoms with Crippen LogP contribution in [-0.4, -0.2) is 60.9 Å². The van der Waals surface area contributed by atoms with Crippen molar-refractivity contribution in [3.63, 3.8) is 0 Å². The van der Waals surface area contributed by atoms with E-state index >= 15 is 0 Å². The van der Waals surface area contributed by atoms with Crippen molar-refractivity contribution in [3.05, 3.63) is 0 Å². The van der Waals surface area contributed by atoms with Gasteiger partial charge in [-0.05, 0) is 20.8 Å². The van der Waals surface area contributed by atoms with Crippen LogP contribution < -0.4 is 10.6 Å². The smallest absolute Gasteiger partial charge is 0.405 e. The molecule has 0 fully saturated rings. The van der Waals surface area contributed by atoms with Gasteiger partial charge in [-0.25, -0.2) is 0 Å². The van der Waals surface area contributed by atoms with Crippen molar-refractivity contribution in [2.75, 3.05) is 19.7 Å². The third-order valence-electron chi connectivity index (χ3n) is 2.72. The maximum atomic E-state index is 11.7. The molecular weight excluding hydrogens is 406 g/mol. The van der Waals surface area contributed by atoms with E-state index < -0.39 is 61.0 Å². The molecule has 0 heterocycles. The van der Waals surface area contributed by atoms with Crippen LogP contribution in [0.25, 0.3) is 0 Å². The second-order valence-electron chi connectivity index (χ2n) is 5.20. The Morgan fingerprint density at radius 1 is 0.857 bits per heavy atom. The van der Waals surface area contributed by atoms with Crippen molar-refractivity contribution in [1.29, 1.82) is 0 Å². The fraction of sp³-hybridized carbons (Fsp3) is 0.714. The largest absolute Gasteiger partial charge is 0.481 e. The molecule has 0 saturated heterocycles. The molecule has 0 aliphatic rings. The van der Waals surface area contributed by atoms with E-state index in [1.807, 2.05) is 0 Å². The number of carboxylic acids is 1. The summed E-state index contributed by atoms with van der Waals surface area (Å²) in [6, 6.07) is 0. The number of hydrogen-bond donors (Lipinski definition) is 3. The Morgan fingerprint density at radius 2 is 1.21 bits per heavy atom. The second-order valence-corrected chi connectivity index (χ2v) is 5.20. The van der Waals surface area contributed by atoms with Gasteiger partial charge in [-0.3, -0.25) is 19.2 Å². The Labute approximate surface area is 155 Å². The van der Waals surface area contributed by atoms with E-state index in [9.17, 15) is 45.5 Å². The zero-order valence-corrected chi connectivity index (χ0v) is 15.0. The molecule has 2 amide bonds. The number of hydrogen-bond acceptors (Lipinski definition) is 5. The molecule has 0 bridgehead atoms. The molecule has 0 aromatic carbocycles. The molecule has 0 radical (unpaired) electrons. The number of carboxylic acid groups (broad SMARTS) is 1.